The molecule has 1 atom stereocenters. The van der Waals surface area contributed by atoms with Crippen LogP contribution in [0.4, 0.5) is 4.79 Å². The Morgan fingerprint density at radius 1 is 1.38 bits per heavy atom. The lowest BCUT2D eigenvalue weighted by Crippen LogP contribution is -2.47. The van der Waals surface area contributed by atoms with Crippen molar-refractivity contribution >= 4 is 11.7 Å². The number of fused-ring (bicyclic) bond motifs is 3. The molecule has 0 saturated heterocycles. The second-order valence-electron chi connectivity index (χ2n) is 8.62. The Bertz CT molecular complexity index is 917. The van der Waals surface area contributed by atoms with Crippen LogP contribution >= 0.6 is 0 Å². The first-order valence-electron chi connectivity index (χ1n) is 9.33. The monoisotopic (exact) mass is 358 g/mol. The quantitative estimate of drug-likeness (QED) is 0.895. The molecular weight excluding hydrogens is 332 g/mol. The summed E-state index contributed by atoms with van der Waals surface area (Å²) in [4.78, 5) is 30.0. The molecule has 2 aromatic heterocycles. The van der Waals surface area contributed by atoms with E-state index in [-0.39, 0.29) is 17.7 Å². The molecule has 1 aliphatic carbocycles. The maximum Gasteiger partial charge on any atom is 0.410 e. The van der Waals surface area contributed by atoms with Crippen LogP contribution in [0.15, 0.2) is 11.0 Å². The highest BCUT2D eigenvalue weighted by atomic mass is 16.6. The Hall–Kier alpha value is -2.31. The molecule has 140 valence electrons. The van der Waals surface area contributed by atoms with E-state index in [0.717, 1.165) is 23.3 Å². The molecule has 1 aliphatic heterocycles. The summed E-state index contributed by atoms with van der Waals surface area (Å²) in [7, 11) is 0. The maximum atomic E-state index is 12.6. The molecule has 4 rings (SSSR count). The van der Waals surface area contributed by atoms with Crippen molar-refractivity contribution in [2.75, 3.05) is 0 Å². The summed E-state index contributed by atoms with van der Waals surface area (Å²) in [5.41, 5.74) is 2.72. The number of nitrogens with zero attached hydrogens (tertiary/aromatic N) is 3. The van der Waals surface area contributed by atoms with E-state index in [1.54, 1.807) is 9.42 Å². The van der Waals surface area contributed by atoms with Crippen molar-refractivity contribution < 1.29 is 9.53 Å². The van der Waals surface area contributed by atoms with E-state index in [0.29, 0.717) is 24.4 Å². The highest BCUT2D eigenvalue weighted by molar-refractivity contribution is 5.69. The number of nitrogens with one attached hydrogen (secondary N) is 1. The Balaban J connectivity index is 1.72. The molecule has 0 bridgehead atoms. The minimum atomic E-state index is -0.552. The first kappa shape index (κ1) is 17.1. The second kappa shape index (κ2) is 5.86. The second-order valence-corrected chi connectivity index (χ2v) is 8.62. The Morgan fingerprint density at radius 3 is 2.77 bits per heavy atom. The van der Waals surface area contributed by atoms with E-state index in [1.165, 1.54) is 12.8 Å². The highest BCUT2D eigenvalue weighted by Crippen LogP contribution is 2.33. The molecule has 2 aliphatic rings. The Labute approximate surface area is 152 Å². The lowest BCUT2D eigenvalue weighted by molar-refractivity contribution is 0.0132. The molecule has 3 heterocycles. The van der Waals surface area contributed by atoms with Crippen LogP contribution in [0.2, 0.25) is 0 Å². The molecule has 7 nitrogen and oxygen atoms in total. The molecule has 1 fully saturated rings. The number of ether oxygens (including phenoxy) is 1. The van der Waals surface area contributed by atoms with Gasteiger partial charge in [-0.1, -0.05) is 0 Å². The van der Waals surface area contributed by atoms with Gasteiger partial charge in [-0.25, -0.2) is 9.31 Å². The smallest absolute Gasteiger partial charge is 0.410 e. The molecule has 0 aromatic carbocycles. The number of carbonyl (C=O) groups is 1. The summed E-state index contributed by atoms with van der Waals surface area (Å²) in [6.07, 6.45) is 5.43. The van der Waals surface area contributed by atoms with E-state index < -0.39 is 5.60 Å². The van der Waals surface area contributed by atoms with E-state index in [4.69, 9.17) is 4.74 Å². The average Bonchev–Trinajstić information content (AvgIpc) is 3.26. The van der Waals surface area contributed by atoms with Crippen molar-refractivity contribution in [3.05, 3.63) is 33.4 Å². The number of aromatic amines is 1. The lowest BCUT2D eigenvalue weighted by Gasteiger charge is -2.35. The van der Waals surface area contributed by atoms with Gasteiger partial charge in [-0.05, 0) is 52.9 Å². The third kappa shape index (κ3) is 3.10. The van der Waals surface area contributed by atoms with Crippen molar-refractivity contribution in [3.63, 3.8) is 0 Å². The largest absolute Gasteiger partial charge is 0.444 e. The van der Waals surface area contributed by atoms with Gasteiger partial charge in [-0.15, -0.1) is 0 Å². The summed E-state index contributed by atoms with van der Waals surface area (Å²) in [6.45, 7) is 7.84. The van der Waals surface area contributed by atoms with Gasteiger partial charge in [-0.3, -0.25) is 9.69 Å². The number of carbonyl (C=O) groups excluding carboxylic acids is 1. The van der Waals surface area contributed by atoms with Crippen molar-refractivity contribution in [2.24, 2.45) is 5.92 Å². The van der Waals surface area contributed by atoms with Crippen LogP contribution in [-0.4, -0.2) is 37.2 Å². The zero-order chi connectivity index (χ0) is 18.6. The molecular formula is C19H26N4O3. The van der Waals surface area contributed by atoms with Crippen LogP contribution in [-0.2, 0) is 24.1 Å². The molecule has 26 heavy (non-hydrogen) atoms. The van der Waals surface area contributed by atoms with Crippen LogP contribution in [0.25, 0.3) is 5.65 Å². The third-order valence-corrected chi connectivity index (χ3v) is 5.14. The Kier molecular flexibility index (Phi) is 3.86. The average molecular weight is 358 g/mol. The summed E-state index contributed by atoms with van der Waals surface area (Å²) in [5, 5.41) is 4.52. The molecule has 0 radical (unpaired) electrons. The number of hydrogen-bond donors (Lipinski definition) is 1. The SMILES string of the molecule is CC1Cc2c(n3ncc(CC4CC4)c3[nH]c2=O)CN1C(=O)OC(C)(C)C. The van der Waals surface area contributed by atoms with Gasteiger partial charge in [0.25, 0.3) is 5.56 Å². The van der Waals surface area contributed by atoms with E-state index in [1.807, 2.05) is 33.9 Å². The third-order valence-electron chi connectivity index (χ3n) is 5.14. The molecule has 0 spiro atoms. The van der Waals surface area contributed by atoms with Gasteiger partial charge < -0.3 is 9.72 Å². The molecule has 1 amide bonds. The van der Waals surface area contributed by atoms with Crippen molar-refractivity contribution in [3.8, 4) is 0 Å². The first-order valence-corrected chi connectivity index (χ1v) is 9.33. The maximum absolute atomic E-state index is 12.6. The topological polar surface area (TPSA) is 79.7 Å². The van der Waals surface area contributed by atoms with E-state index in [2.05, 4.69) is 10.1 Å². The summed E-state index contributed by atoms with van der Waals surface area (Å²) < 4.78 is 7.35. The highest BCUT2D eigenvalue weighted by Gasteiger charge is 2.34. The zero-order valence-corrected chi connectivity index (χ0v) is 15.8. The van der Waals surface area contributed by atoms with E-state index in [9.17, 15) is 9.59 Å². The number of amides is 1. The number of H-pyrrole nitrogens is 1. The minimum Gasteiger partial charge on any atom is -0.444 e. The van der Waals surface area contributed by atoms with Crippen molar-refractivity contribution in [1.82, 2.24) is 19.5 Å². The Morgan fingerprint density at radius 2 is 2.12 bits per heavy atom. The fraction of sp³-hybridized carbons (Fsp3) is 0.632. The summed E-state index contributed by atoms with van der Waals surface area (Å²) >= 11 is 0. The number of aromatic nitrogens is 3. The van der Waals surface area contributed by atoms with Gasteiger partial charge in [0.1, 0.15) is 11.2 Å². The van der Waals surface area contributed by atoms with Crippen LogP contribution < -0.4 is 5.56 Å². The van der Waals surface area contributed by atoms with Crippen molar-refractivity contribution in [2.45, 2.75) is 71.6 Å². The van der Waals surface area contributed by atoms with Crippen LogP contribution in [0.1, 0.15) is 57.4 Å². The number of hydrogen-bond acceptors (Lipinski definition) is 4. The predicted molar refractivity (Wildman–Crippen MR) is 97.2 cm³/mol. The lowest BCUT2D eigenvalue weighted by atomic mass is 10.00. The van der Waals surface area contributed by atoms with Gasteiger partial charge in [0.15, 0.2) is 0 Å². The minimum absolute atomic E-state index is 0.0688. The van der Waals surface area contributed by atoms with Crippen LogP contribution in [0.5, 0.6) is 0 Å². The van der Waals surface area contributed by atoms with Gasteiger partial charge in [0.2, 0.25) is 0 Å². The summed E-state index contributed by atoms with van der Waals surface area (Å²) in [6, 6.07) is -0.0996. The van der Waals surface area contributed by atoms with Crippen LogP contribution in [0.3, 0.4) is 0 Å². The first-order chi connectivity index (χ1) is 12.2. The van der Waals surface area contributed by atoms with Gasteiger partial charge in [0, 0.05) is 23.6 Å². The van der Waals surface area contributed by atoms with Gasteiger partial charge in [-0.2, -0.15) is 5.10 Å². The number of rotatable bonds is 2. The predicted octanol–water partition coefficient (Wildman–Crippen LogP) is 2.66. The van der Waals surface area contributed by atoms with Crippen molar-refractivity contribution in [1.29, 1.82) is 0 Å². The molecule has 7 heteroatoms. The fourth-order valence-electron chi connectivity index (χ4n) is 3.61. The summed E-state index contributed by atoms with van der Waals surface area (Å²) in [5.74, 6) is 0.709. The molecule has 1 saturated carbocycles. The fourth-order valence-corrected chi connectivity index (χ4v) is 3.61. The van der Waals surface area contributed by atoms with Gasteiger partial charge in [0.05, 0.1) is 18.4 Å². The molecule has 1 unspecified atom stereocenters. The zero-order valence-electron chi connectivity index (χ0n) is 15.8. The van der Waals surface area contributed by atoms with E-state index >= 15 is 0 Å². The normalized spacial score (nSPS) is 20.3. The standard InChI is InChI=1S/C19H26N4O3/c1-11-7-14-15(10-22(11)18(25)26-19(2,3)4)23-16(21-17(14)24)13(9-20-23)8-12-5-6-12/h9,11-12H,5-8,10H2,1-4H3,(H,21,24). The van der Waals surface area contributed by atoms with Crippen LogP contribution in [0, 0.1) is 5.92 Å². The molecule has 1 N–H and O–H groups in total. The molecule has 2 aromatic rings. The van der Waals surface area contributed by atoms with Gasteiger partial charge >= 0.3 is 6.09 Å².